The molecule has 0 saturated heterocycles. The molecule has 0 aliphatic rings. The maximum absolute atomic E-state index is 12.0. The molecule has 0 spiro atoms. The number of ether oxygens (including phenoxy) is 1. The number of hydrogen-bond donors (Lipinski definition) is 0. The monoisotopic (exact) mass is 345 g/mol. The van der Waals surface area contributed by atoms with Crippen molar-refractivity contribution in [2.24, 2.45) is 0 Å². The first-order valence-electron chi connectivity index (χ1n) is 8.92. The van der Waals surface area contributed by atoms with Crippen LogP contribution in [0.1, 0.15) is 42.6 Å². The highest BCUT2D eigenvalue weighted by atomic mass is 16.5. The van der Waals surface area contributed by atoms with Gasteiger partial charge in [0.05, 0.1) is 17.9 Å². The number of hydrogen-bond acceptors (Lipinski definition) is 3. The van der Waals surface area contributed by atoms with Crippen LogP contribution in [0.4, 0.5) is 0 Å². The Morgan fingerprint density at radius 2 is 1.69 bits per heavy atom. The van der Waals surface area contributed by atoms with Crippen LogP contribution in [0.5, 0.6) is 0 Å². The normalized spacial score (nSPS) is 10.8. The van der Waals surface area contributed by atoms with Crippen molar-refractivity contribution in [2.45, 2.75) is 26.7 Å². The van der Waals surface area contributed by atoms with Gasteiger partial charge in [-0.3, -0.25) is 4.98 Å². The van der Waals surface area contributed by atoms with E-state index in [-0.39, 0.29) is 5.97 Å². The zero-order chi connectivity index (χ0) is 18.5. The molecule has 3 rings (SSSR count). The number of nitrogens with zero attached hydrogens (tertiary/aromatic N) is 1. The van der Waals surface area contributed by atoms with Crippen LogP contribution < -0.4 is 0 Å². The van der Waals surface area contributed by atoms with E-state index in [0.29, 0.717) is 18.1 Å². The fraction of sp³-hybridized carbons (Fsp3) is 0.217. The molecule has 3 aromatic rings. The van der Waals surface area contributed by atoms with Crippen molar-refractivity contribution in [1.29, 1.82) is 0 Å². The molecule has 0 N–H and O–H groups in total. The standard InChI is InChI=1S/C23H23NO2/c1-4-26-23(25)21-7-5-6-19(14-21)20-12-13-24-22(15-20)18-10-8-17(9-11-18)16(2)3/h5-16H,4H2,1-3H3. The molecule has 0 aliphatic carbocycles. The van der Waals surface area contributed by atoms with Crippen molar-refractivity contribution in [1.82, 2.24) is 4.98 Å². The van der Waals surface area contributed by atoms with E-state index in [1.807, 2.05) is 24.3 Å². The summed E-state index contributed by atoms with van der Waals surface area (Å²) >= 11 is 0. The molecule has 0 amide bonds. The number of aromatic nitrogens is 1. The van der Waals surface area contributed by atoms with Gasteiger partial charge in [0.1, 0.15) is 0 Å². The van der Waals surface area contributed by atoms with Crippen LogP contribution in [0.15, 0.2) is 66.9 Å². The molecule has 0 aliphatic heterocycles. The van der Waals surface area contributed by atoms with Gasteiger partial charge in [0.15, 0.2) is 0 Å². The molecular weight excluding hydrogens is 322 g/mol. The molecule has 0 bridgehead atoms. The minimum absolute atomic E-state index is 0.298. The summed E-state index contributed by atoms with van der Waals surface area (Å²) in [5.41, 5.74) is 5.86. The molecule has 2 aromatic carbocycles. The van der Waals surface area contributed by atoms with Crippen molar-refractivity contribution in [3.05, 3.63) is 78.0 Å². The Morgan fingerprint density at radius 1 is 0.962 bits per heavy atom. The Bertz CT molecular complexity index is 898. The van der Waals surface area contributed by atoms with Crippen molar-refractivity contribution >= 4 is 5.97 Å². The zero-order valence-corrected chi connectivity index (χ0v) is 15.4. The first-order chi connectivity index (χ1) is 12.6. The molecule has 26 heavy (non-hydrogen) atoms. The minimum atomic E-state index is -0.298. The summed E-state index contributed by atoms with van der Waals surface area (Å²) in [6, 6.07) is 20.0. The van der Waals surface area contributed by atoms with Crippen LogP contribution >= 0.6 is 0 Å². The quantitative estimate of drug-likeness (QED) is 0.556. The van der Waals surface area contributed by atoms with E-state index in [1.165, 1.54) is 5.56 Å². The fourth-order valence-corrected chi connectivity index (χ4v) is 2.85. The number of benzene rings is 2. The smallest absolute Gasteiger partial charge is 0.338 e. The molecule has 132 valence electrons. The number of carbonyl (C=O) groups is 1. The van der Waals surface area contributed by atoms with E-state index in [2.05, 4.69) is 49.2 Å². The number of carbonyl (C=O) groups excluding carboxylic acids is 1. The molecular formula is C23H23NO2. The first kappa shape index (κ1) is 17.9. The number of pyridine rings is 1. The van der Waals surface area contributed by atoms with Crippen LogP contribution in [0.25, 0.3) is 22.4 Å². The highest BCUT2D eigenvalue weighted by Crippen LogP contribution is 2.26. The van der Waals surface area contributed by atoms with Gasteiger partial charge in [-0.1, -0.05) is 50.2 Å². The minimum Gasteiger partial charge on any atom is -0.462 e. The average molecular weight is 345 g/mol. The third kappa shape index (κ3) is 3.99. The van der Waals surface area contributed by atoms with Gasteiger partial charge in [0.2, 0.25) is 0 Å². The van der Waals surface area contributed by atoms with Crippen LogP contribution in [-0.2, 0) is 4.74 Å². The molecule has 1 heterocycles. The lowest BCUT2D eigenvalue weighted by Crippen LogP contribution is -2.04. The second-order valence-corrected chi connectivity index (χ2v) is 6.51. The maximum atomic E-state index is 12.0. The summed E-state index contributed by atoms with van der Waals surface area (Å²) in [5, 5.41) is 0. The molecule has 3 heteroatoms. The lowest BCUT2D eigenvalue weighted by Gasteiger charge is -2.09. The lowest BCUT2D eigenvalue weighted by molar-refractivity contribution is 0.0526. The van der Waals surface area contributed by atoms with Gasteiger partial charge in [-0.05, 0) is 53.8 Å². The Morgan fingerprint density at radius 3 is 2.38 bits per heavy atom. The van der Waals surface area contributed by atoms with Crippen molar-refractivity contribution in [2.75, 3.05) is 6.61 Å². The zero-order valence-electron chi connectivity index (χ0n) is 15.4. The van der Waals surface area contributed by atoms with Gasteiger partial charge >= 0.3 is 5.97 Å². The molecule has 0 fully saturated rings. The first-order valence-corrected chi connectivity index (χ1v) is 8.92. The highest BCUT2D eigenvalue weighted by Gasteiger charge is 2.09. The molecule has 0 unspecified atom stereocenters. The third-order valence-electron chi connectivity index (χ3n) is 4.34. The predicted octanol–water partition coefficient (Wildman–Crippen LogP) is 5.72. The highest BCUT2D eigenvalue weighted by molar-refractivity contribution is 5.91. The molecule has 0 radical (unpaired) electrons. The summed E-state index contributed by atoms with van der Waals surface area (Å²) in [6.45, 7) is 6.55. The van der Waals surface area contributed by atoms with E-state index < -0.39 is 0 Å². The molecule has 0 atom stereocenters. The summed E-state index contributed by atoms with van der Waals surface area (Å²) in [4.78, 5) is 16.5. The molecule has 1 aromatic heterocycles. The second kappa shape index (κ2) is 7.96. The van der Waals surface area contributed by atoms with E-state index >= 15 is 0 Å². The van der Waals surface area contributed by atoms with E-state index in [0.717, 1.165) is 22.4 Å². The van der Waals surface area contributed by atoms with E-state index in [9.17, 15) is 4.79 Å². The summed E-state index contributed by atoms with van der Waals surface area (Å²) < 4.78 is 5.09. The van der Waals surface area contributed by atoms with E-state index in [4.69, 9.17) is 4.74 Å². The van der Waals surface area contributed by atoms with Gasteiger partial charge in [-0.2, -0.15) is 0 Å². The Labute approximate surface area is 154 Å². The van der Waals surface area contributed by atoms with Crippen molar-refractivity contribution in [3.63, 3.8) is 0 Å². The topological polar surface area (TPSA) is 39.2 Å². The Kier molecular flexibility index (Phi) is 5.47. The van der Waals surface area contributed by atoms with Gasteiger partial charge in [-0.15, -0.1) is 0 Å². The summed E-state index contributed by atoms with van der Waals surface area (Å²) in [5.74, 6) is 0.210. The predicted molar refractivity (Wildman–Crippen MR) is 105 cm³/mol. The second-order valence-electron chi connectivity index (χ2n) is 6.51. The fourth-order valence-electron chi connectivity index (χ4n) is 2.85. The summed E-state index contributed by atoms with van der Waals surface area (Å²) in [6.07, 6.45) is 1.80. The Hall–Kier alpha value is -2.94. The van der Waals surface area contributed by atoms with Crippen molar-refractivity contribution < 1.29 is 9.53 Å². The average Bonchev–Trinajstić information content (AvgIpc) is 2.68. The van der Waals surface area contributed by atoms with Gasteiger partial charge in [-0.25, -0.2) is 4.79 Å². The maximum Gasteiger partial charge on any atom is 0.338 e. The lowest BCUT2D eigenvalue weighted by atomic mass is 9.99. The Balaban J connectivity index is 1.92. The van der Waals surface area contributed by atoms with Crippen LogP contribution in [0, 0.1) is 0 Å². The SMILES string of the molecule is CCOC(=O)c1cccc(-c2ccnc(-c3ccc(C(C)C)cc3)c2)c1. The van der Waals surface area contributed by atoms with Crippen LogP contribution in [0.3, 0.4) is 0 Å². The number of rotatable bonds is 5. The third-order valence-corrected chi connectivity index (χ3v) is 4.34. The summed E-state index contributed by atoms with van der Waals surface area (Å²) in [7, 11) is 0. The largest absolute Gasteiger partial charge is 0.462 e. The van der Waals surface area contributed by atoms with Gasteiger partial charge in [0.25, 0.3) is 0 Å². The molecule has 3 nitrogen and oxygen atoms in total. The van der Waals surface area contributed by atoms with Gasteiger partial charge < -0.3 is 4.74 Å². The van der Waals surface area contributed by atoms with Gasteiger partial charge in [0, 0.05) is 11.8 Å². The van der Waals surface area contributed by atoms with Crippen LogP contribution in [-0.4, -0.2) is 17.6 Å². The molecule has 0 saturated carbocycles. The van der Waals surface area contributed by atoms with Crippen molar-refractivity contribution in [3.8, 4) is 22.4 Å². The van der Waals surface area contributed by atoms with Crippen LogP contribution in [0.2, 0.25) is 0 Å². The van der Waals surface area contributed by atoms with E-state index in [1.54, 1.807) is 19.2 Å². The number of esters is 1.